The second kappa shape index (κ2) is 8.21. The van der Waals surface area contributed by atoms with Crippen molar-refractivity contribution in [2.45, 2.75) is 51.0 Å². The van der Waals surface area contributed by atoms with Crippen LogP contribution in [-0.2, 0) is 9.53 Å². The highest BCUT2D eigenvalue weighted by Crippen LogP contribution is 2.40. The van der Waals surface area contributed by atoms with Gasteiger partial charge in [-0.1, -0.05) is 0 Å². The molecule has 132 valence electrons. The molecule has 1 unspecified atom stereocenters. The first-order chi connectivity index (χ1) is 11.2. The summed E-state index contributed by atoms with van der Waals surface area (Å²) in [7, 11) is 0. The molecule has 0 saturated carbocycles. The molecule has 3 fully saturated rings. The third-order valence-corrected chi connectivity index (χ3v) is 6.63. The van der Waals surface area contributed by atoms with Crippen LogP contribution in [0.4, 0.5) is 0 Å². The minimum absolute atomic E-state index is 0.292. The molecule has 3 rings (SSSR count). The van der Waals surface area contributed by atoms with Crippen molar-refractivity contribution in [1.82, 2.24) is 9.80 Å². The number of amides is 1. The Kier molecular flexibility index (Phi) is 6.27. The number of likely N-dealkylation sites (tertiary alicyclic amines) is 2. The van der Waals surface area contributed by atoms with E-state index in [2.05, 4.69) is 16.1 Å². The summed E-state index contributed by atoms with van der Waals surface area (Å²) in [5.74, 6) is 1.62. The van der Waals surface area contributed by atoms with E-state index < -0.39 is 0 Å². The van der Waals surface area contributed by atoms with Crippen molar-refractivity contribution in [3.63, 3.8) is 0 Å². The predicted molar refractivity (Wildman–Crippen MR) is 95.9 cm³/mol. The zero-order valence-electron chi connectivity index (χ0n) is 14.6. The zero-order chi connectivity index (χ0) is 16.1. The van der Waals surface area contributed by atoms with E-state index in [9.17, 15) is 4.79 Å². The molecule has 0 N–H and O–H groups in total. The van der Waals surface area contributed by atoms with Gasteiger partial charge in [0.05, 0.1) is 6.10 Å². The molecule has 3 aliphatic rings. The molecular formula is C18H32N2O2S. The lowest BCUT2D eigenvalue weighted by Crippen LogP contribution is -2.53. The van der Waals surface area contributed by atoms with Crippen molar-refractivity contribution in [1.29, 1.82) is 0 Å². The van der Waals surface area contributed by atoms with E-state index in [1.165, 1.54) is 44.6 Å². The summed E-state index contributed by atoms with van der Waals surface area (Å²) in [5, 5.41) is 0. The molecule has 0 bridgehead atoms. The van der Waals surface area contributed by atoms with Crippen LogP contribution >= 0.6 is 11.8 Å². The highest BCUT2D eigenvalue weighted by Gasteiger charge is 2.41. The van der Waals surface area contributed by atoms with Crippen molar-refractivity contribution < 1.29 is 9.53 Å². The van der Waals surface area contributed by atoms with Crippen molar-refractivity contribution in [3.8, 4) is 0 Å². The minimum Gasteiger partial charge on any atom is -0.376 e. The lowest BCUT2D eigenvalue weighted by molar-refractivity contribution is -0.141. The van der Waals surface area contributed by atoms with E-state index in [0.717, 1.165) is 45.4 Å². The normalized spacial score (nSPS) is 28.7. The number of thioether (sulfide) groups is 1. The highest BCUT2D eigenvalue weighted by atomic mass is 32.2. The van der Waals surface area contributed by atoms with Gasteiger partial charge in [-0.05, 0) is 75.6 Å². The summed E-state index contributed by atoms with van der Waals surface area (Å²) in [4.78, 5) is 17.1. The van der Waals surface area contributed by atoms with Crippen molar-refractivity contribution in [2.75, 3.05) is 51.3 Å². The maximum absolute atomic E-state index is 12.3. The average Bonchev–Trinajstić information content (AvgIpc) is 3.07. The first kappa shape index (κ1) is 17.6. The first-order valence-electron chi connectivity index (χ1n) is 9.31. The molecule has 1 atom stereocenters. The molecular weight excluding hydrogens is 308 g/mol. The fraction of sp³-hybridized carbons (Fsp3) is 0.944. The second-order valence-electron chi connectivity index (χ2n) is 7.60. The Balaban J connectivity index is 1.48. The molecule has 0 aliphatic carbocycles. The van der Waals surface area contributed by atoms with Crippen molar-refractivity contribution >= 4 is 17.7 Å². The summed E-state index contributed by atoms with van der Waals surface area (Å²) >= 11 is 1.94. The van der Waals surface area contributed by atoms with E-state index >= 15 is 0 Å². The van der Waals surface area contributed by atoms with Crippen molar-refractivity contribution in [2.24, 2.45) is 5.41 Å². The first-order valence-corrected chi connectivity index (χ1v) is 10.7. The number of rotatable bonds is 6. The van der Waals surface area contributed by atoms with Gasteiger partial charge in [0.25, 0.3) is 0 Å². The Morgan fingerprint density at radius 3 is 2.83 bits per heavy atom. The topological polar surface area (TPSA) is 32.8 Å². The summed E-state index contributed by atoms with van der Waals surface area (Å²) in [6, 6.07) is 0. The van der Waals surface area contributed by atoms with Gasteiger partial charge in [-0.25, -0.2) is 0 Å². The summed E-state index contributed by atoms with van der Waals surface area (Å²) < 4.78 is 5.75. The van der Waals surface area contributed by atoms with Crippen molar-refractivity contribution in [3.05, 3.63) is 0 Å². The van der Waals surface area contributed by atoms with Crippen LogP contribution in [-0.4, -0.2) is 73.2 Å². The standard InChI is InChI=1S/C18H32N2O2S/c1-23-13-3-9-19-10-7-18(8-11-19)6-5-17(21)20(15-18)14-16-4-2-12-22-16/h16H,2-15H2,1H3. The monoisotopic (exact) mass is 340 g/mol. The zero-order valence-corrected chi connectivity index (χ0v) is 15.4. The van der Waals surface area contributed by atoms with Crippen LogP contribution < -0.4 is 0 Å². The number of nitrogens with zero attached hydrogens (tertiary/aromatic N) is 2. The Bertz CT molecular complexity index is 390. The molecule has 0 radical (unpaired) electrons. The van der Waals surface area contributed by atoms with Crippen LogP contribution in [0.3, 0.4) is 0 Å². The molecule has 3 heterocycles. The number of carbonyl (C=O) groups is 1. The Morgan fingerprint density at radius 1 is 1.30 bits per heavy atom. The minimum atomic E-state index is 0.292. The smallest absolute Gasteiger partial charge is 0.222 e. The van der Waals surface area contributed by atoms with Gasteiger partial charge in [0.15, 0.2) is 0 Å². The highest BCUT2D eigenvalue weighted by molar-refractivity contribution is 7.98. The van der Waals surface area contributed by atoms with E-state index in [4.69, 9.17) is 4.74 Å². The van der Waals surface area contributed by atoms with Gasteiger partial charge in [0.1, 0.15) is 0 Å². The Hall–Kier alpha value is -0.260. The molecule has 1 amide bonds. The van der Waals surface area contributed by atoms with Gasteiger partial charge in [0.2, 0.25) is 5.91 Å². The summed E-state index contributed by atoms with van der Waals surface area (Å²) in [5.41, 5.74) is 0.391. The molecule has 23 heavy (non-hydrogen) atoms. The Morgan fingerprint density at radius 2 is 2.13 bits per heavy atom. The maximum atomic E-state index is 12.3. The van der Waals surface area contributed by atoms with Gasteiger partial charge >= 0.3 is 0 Å². The predicted octanol–water partition coefficient (Wildman–Crippen LogP) is 2.62. The largest absolute Gasteiger partial charge is 0.376 e. The van der Waals surface area contributed by atoms with Crippen LogP contribution in [0.1, 0.15) is 44.9 Å². The van der Waals surface area contributed by atoms with Crippen LogP contribution in [0, 0.1) is 5.41 Å². The molecule has 0 aromatic carbocycles. The second-order valence-corrected chi connectivity index (χ2v) is 8.58. The molecule has 1 spiro atoms. The van der Waals surface area contributed by atoms with Gasteiger partial charge in [-0.15, -0.1) is 0 Å². The van der Waals surface area contributed by atoms with E-state index in [-0.39, 0.29) is 0 Å². The van der Waals surface area contributed by atoms with E-state index in [1.807, 2.05) is 11.8 Å². The number of hydrogen-bond donors (Lipinski definition) is 0. The molecule has 0 aromatic rings. The van der Waals surface area contributed by atoms with Crippen LogP contribution in [0.2, 0.25) is 0 Å². The quantitative estimate of drug-likeness (QED) is 0.696. The molecule has 5 heteroatoms. The fourth-order valence-corrected chi connectivity index (χ4v) is 4.81. The van der Waals surface area contributed by atoms with Crippen LogP contribution in [0.15, 0.2) is 0 Å². The molecule has 4 nitrogen and oxygen atoms in total. The van der Waals surface area contributed by atoms with E-state index in [1.54, 1.807) is 0 Å². The van der Waals surface area contributed by atoms with Gasteiger partial charge in [-0.2, -0.15) is 11.8 Å². The SMILES string of the molecule is CSCCCN1CCC2(CCC(=O)N(CC3CCCO3)C2)CC1. The average molecular weight is 341 g/mol. The van der Waals surface area contributed by atoms with Gasteiger partial charge < -0.3 is 14.5 Å². The summed E-state index contributed by atoms with van der Waals surface area (Å²) in [6.45, 7) is 6.37. The fourth-order valence-electron chi connectivity index (χ4n) is 4.39. The number of ether oxygens (including phenoxy) is 1. The third-order valence-electron chi connectivity index (χ3n) is 5.94. The maximum Gasteiger partial charge on any atom is 0.222 e. The number of piperidine rings is 2. The number of carbonyl (C=O) groups excluding carboxylic acids is 1. The lowest BCUT2D eigenvalue weighted by atomic mass is 9.72. The third kappa shape index (κ3) is 4.64. The summed E-state index contributed by atoms with van der Waals surface area (Å²) in [6.07, 6.45) is 10.4. The number of hydrogen-bond acceptors (Lipinski definition) is 4. The van der Waals surface area contributed by atoms with Gasteiger partial charge in [-0.3, -0.25) is 4.79 Å². The molecule has 3 saturated heterocycles. The van der Waals surface area contributed by atoms with Crippen LogP contribution in [0.5, 0.6) is 0 Å². The van der Waals surface area contributed by atoms with Crippen LogP contribution in [0.25, 0.3) is 0 Å². The van der Waals surface area contributed by atoms with E-state index in [0.29, 0.717) is 17.4 Å². The lowest BCUT2D eigenvalue weighted by Gasteiger charge is -2.48. The molecule has 3 aliphatic heterocycles. The Labute approximate surface area is 145 Å². The molecule has 0 aromatic heterocycles. The van der Waals surface area contributed by atoms with Gasteiger partial charge in [0, 0.05) is 26.1 Å².